The van der Waals surface area contributed by atoms with Crippen LogP contribution in [0.5, 0.6) is 5.75 Å². The maximum atomic E-state index is 13.6. The van der Waals surface area contributed by atoms with Gasteiger partial charge in [-0.1, -0.05) is 30.3 Å². The van der Waals surface area contributed by atoms with Crippen molar-refractivity contribution in [2.75, 3.05) is 11.1 Å². The first-order valence-corrected chi connectivity index (χ1v) is 11.9. The average Bonchev–Trinajstić information content (AvgIpc) is 3.28. The number of nitrogens with one attached hydrogen (secondary N) is 2. The van der Waals surface area contributed by atoms with E-state index >= 15 is 0 Å². The number of phenolic OH excluding ortho intramolecular Hbond substituents is 1. The van der Waals surface area contributed by atoms with Gasteiger partial charge in [0.15, 0.2) is 5.82 Å². The fraction of sp³-hybridized carbons (Fsp3) is 0.148. The summed E-state index contributed by atoms with van der Waals surface area (Å²) in [5, 5.41) is 20.4. The molecule has 0 aliphatic rings. The smallest absolute Gasteiger partial charge is 0.282 e. The van der Waals surface area contributed by atoms with E-state index in [0.29, 0.717) is 22.6 Å². The second kappa shape index (κ2) is 10.1. The van der Waals surface area contributed by atoms with Gasteiger partial charge in [-0.3, -0.25) is 14.2 Å². The molecule has 192 valence electrons. The van der Waals surface area contributed by atoms with Crippen LogP contribution >= 0.6 is 0 Å². The van der Waals surface area contributed by atoms with Gasteiger partial charge in [-0.15, -0.1) is 0 Å². The predicted octanol–water partition coefficient (Wildman–Crippen LogP) is 2.97. The van der Waals surface area contributed by atoms with Gasteiger partial charge >= 0.3 is 0 Å². The van der Waals surface area contributed by atoms with Crippen LogP contribution in [0.15, 0.2) is 78.0 Å². The monoisotopic (exact) mass is 510 g/mol. The second-order valence-corrected chi connectivity index (χ2v) is 8.83. The number of nitrogens with zero attached hydrogens (tertiary/aromatic N) is 5. The molecule has 0 saturated heterocycles. The standard InChI is InChI=1S/C27H26N8O3/c1-16-11-12-34-22(16)27(38)35(19-8-4-3-5-9-19)25(33-34)17(2)32-24-21(23(28)30-15-31-24)26(37)29-14-18-7-6-10-20(36)13-18/h3-13,15,17,36H,14H2,1-2H3,(H,29,37)(H3,28,30,31,32)/t17-/m0/s1. The van der Waals surface area contributed by atoms with E-state index in [0.717, 1.165) is 5.56 Å². The summed E-state index contributed by atoms with van der Waals surface area (Å²) in [6, 6.07) is 17.1. The van der Waals surface area contributed by atoms with E-state index in [1.54, 1.807) is 39.5 Å². The normalized spacial score (nSPS) is 11.8. The molecule has 38 heavy (non-hydrogen) atoms. The lowest BCUT2D eigenvalue weighted by atomic mass is 10.2. The largest absolute Gasteiger partial charge is 0.508 e. The third-order valence-corrected chi connectivity index (χ3v) is 6.14. The van der Waals surface area contributed by atoms with Gasteiger partial charge in [-0.2, -0.15) is 5.10 Å². The Morgan fingerprint density at radius 1 is 1.11 bits per heavy atom. The molecule has 11 heteroatoms. The Hall–Kier alpha value is -5.19. The molecular formula is C27H26N8O3. The summed E-state index contributed by atoms with van der Waals surface area (Å²) in [5.41, 5.74) is 8.58. The summed E-state index contributed by atoms with van der Waals surface area (Å²) in [6.45, 7) is 3.84. The van der Waals surface area contributed by atoms with E-state index in [1.807, 2.05) is 50.2 Å². The van der Waals surface area contributed by atoms with Crippen LogP contribution in [0.3, 0.4) is 0 Å². The predicted molar refractivity (Wildman–Crippen MR) is 143 cm³/mol. The van der Waals surface area contributed by atoms with Gasteiger partial charge in [0.25, 0.3) is 11.5 Å². The maximum absolute atomic E-state index is 13.6. The van der Waals surface area contributed by atoms with E-state index in [4.69, 9.17) is 10.8 Å². The number of benzene rings is 2. The van der Waals surface area contributed by atoms with Crippen molar-refractivity contribution >= 4 is 23.1 Å². The Kier molecular flexibility index (Phi) is 6.48. The van der Waals surface area contributed by atoms with Crippen molar-refractivity contribution in [1.29, 1.82) is 0 Å². The number of aryl methyl sites for hydroxylation is 1. The van der Waals surface area contributed by atoms with Crippen LogP contribution in [-0.4, -0.2) is 35.2 Å². The Morgan fingerprint density at radius 3 is 2.66 bits per heavy atom. The van der Waals surface area contributed by atoms with E-state index in [1.165, 1.54) is 6.33 Å². The summed E-state index contributed by atoms with van der Waals surface area (Å²) < 4.78 is 3.11. The topological polar surface area (TPSA) is 152 Å². The van der Waals surface area contributed by atoms with Gasteiger partial charge in [0, 0.05) is 12.7 Å². The van der Waals surface area contributed by atoms with Crippen molar-refractivity contribution < 1.29 is 9.90 Å². The molecule has 0 unspecified atom stereocenters. The quantitative estimate of drug-likeness (QED) is 0.261. The van der Waals surface area contributed by atoms with Crippen LogP contribution in [0.2, 0.25) is 0 Å². The number of hydrogen-bond donors (Lipinski definition) is 4. The molecular weight excluding hydrogens is 484 g/mol. The Labute approximate surface area is 217 Å². The average molecular weight is 511 g/mol. The van der Waals surface area contributed by atoms with Crippen LogP contribution in [0.25, 0.3) is 11.2 Å². The molecule has 3 aromatic heterocycles. The first-order valence-electron chi connectivity index (χ1n) is 11.9. The number of carbonyl (C=O) groups excluding carboxylic acids is 1. The van der Waals surface area contributed by atoms with Crippen LogP contribution in [0.4, 0.5) is 11.6 Å². The van der Waals surface area contributed by atoms with E-state index in [2.05, 4.69) is 20.6 Å². The number of carbonyl (C=O) groups is 1. The fourth-order valence-corrected chi connectivity index (χ4v) is 4.28. The molecule has 0 radical (unpaired) electrons. The molecule has 2 aromatic carbocycles. The lowest BCUT2D eigenvalue weighted by Gasteiger charge is -2.21. The maximum Gasteiger partial charge on any atom is 0.282 e. The first-order chi connectivity index (χ1) is 18.3. The second-order valence-electron chi connectivity index (χ2n) is 8.83. The Balaban J connectivity index is 1.51. The number of hydrogen-bond acceptors (Lipinski definition) is 8. The minimum absolute atomic E-state index is 0.00648. The highest BCUT2D eigenvalue weighted by Gasteiger charge is 2.23. The zero-order valence-electron chi connectivity index (χ0n) is 20.8. The van der Waals surface area contributed by atoms with Gasteiger partial charge in [0.1, 0.15) is 34.8 Å². The van der Waals surface area contributed by atoms with Gasteiger partial charge < -0.3 is 21.5 Å². The highest BCUT2D eigenvalue weighted by molar-refractivity contribution is 6.02. The molecule has 3 heterocycles. The summed E-state index contributed by atoms with van der Waals surface area (Å²) in [6.07, 6.45) is 2.99. The van der Waals surface area contributed by atoms with E-state index < -0.39 is 11.9 Å². The molecule has 0 saturated carbocycles. The Morgan fingerprint density at radius 2 is 1.89 bits per heavy atom. The van der Waals surface area contributed by atoms with Crippen LogP contribution in [0.1, 0.15) is 40.3 Å². The van der Waals surface area contributed by atoms with E-state index in [9.17, 15) is 14.7 Å². The van der Waals surface area contributed by atoms with Crippen molar-refractivity contribution in [3.63, 3.8) is 0 Å². The number of aromatic hydroxyl groups is 1. The number of para-hydroxylation sites is 1. The molecule has 0 spiro atoms. The number of nitrogens with two attached hydrogens (primary N) is 1. The van der Waals surface area contributed by atoms with Gasteiger partial charge in [-0.25, -0.2) is 14.5 Å². The molecule has 11 nitrogen and oxygen atoms in total. The number of fused-ring (bicyclic) bond motifs is 1. The highest BCUT2D eigenvalue weighted by Crippen LogP contribution is 2.24. The molecule has 1 atom stereocenters. The van der Waals surface area contributed by atoms with E-state index in [-0.39, 0.29) is 35.1 Å². The molecule has 0 fully saturated rings. The fourth-order valence-electron chi connectivity index (χ4n) is 4.28. The number of amides is 1. The van der Waals surface area contributed by atoms with Crippen LogP contribution < -0.4 is 21.9 Å². The summed E-state index contributed by atoms with van der Waals surface area (Å²) in [4.78, 5) is 35.0. The first kappa shape index (κ1) is 24.5. The molecule has 5 N–H and O–H groups in total. The molecule has 0 aliphatic heterocycles. The van der Waals surface area contributed by atoms with Crippen molar-refractivity contribution in [1.82, 2.24) is 29.5 Å². The van der Waals surface area contributed by atoms with Crippen molar-refractivity contribution in [2.24, 2.45) is 0 Å². The van der Waals surface area contributed by atoms with Crippen molar-refractivity contribution in [2.45, 2.75) is 26.4 Å². The lowest BCUT2D eigenvalue weighted by Crippen LogP contribution is -2.30. The summed E-state index contributed by atoms with van der Waals surface area (Å²) in [5.74, 6) is 0.199. The zero-order valence-corrected chi connectivity index (χ0v) is 20.8. The number of anilines is 2. The van der Waals surface area contributed by atoms with Crippen molar-refractivity contribution in [3.8, 4) is 11.4 Å². The van der Waals surface area contributed by atoms with Gasteiger partial charge in [0.05, 0.1) is 11.7 Å². The molecule has 5 aromatic rings. The zero-order chi connectivity index (χ0) is 26.8. The molecule has 1 amide bonds. The SMILES string of the molecule is Cc1ccn2nc([C@H](C)Nc3ncnc(N)c3C(=O)NCc3cccc(O)c3)n(-c3ccccc3)c(=O)c12. The molecule has 0 bridgehead atoms. The summed E-state index contributed by atoms with van der Waals surface area (Å²) in [7, 11) is 0. The lowest BCUT2D eigenvalue weighted by molar-refractivity contribution is 0.0952. The minimum atomic E-state index is -0.568. The van der Waals surface area contributed by atoms with Crippen LogP contribution in [0, 0.1) is 6.92 Å². The minimum Gasteiger partial charge on any atom is -0.508 e. The summed E-state index contributed by atoms with van der Waals surface area (Å²) >= 11 is 0. The number of rotatable bonds is 7. The third kappa shape index (κ3) is 4.64. The van der Waals surface area contributed by atoms with Crippen LogP contribution in [-0.2, 0) is 6.54 Å². The number of aromatic nitrogens is 5. The van der Waals surface area contributed by atoms with Gasteiger partial charge in [-0.05, 0) is 55.3 Å². The molecule has 5 rings (SSSR count). The van der Waals surface area contributed by atoms with Crippen molar-refractivity contribution in [3.05, 3.63) is 106 Å². The molecule has 0 aliphatic carbocycles. The number of nitrogen functional groups attached to an aromatic ring is 1. The number of phenols is 1. The highest BCUT2D eigenvalue weighted by atomic mass is 16.3. The third-order valence-electron chi connectivity index (χ3n) is 6.14. The van der Waals surface area contributed by atoms with Gasteiger partial charge in [0.2, 0.25) is 0 Å². The Bertz CT molecular complexity index is 1690.